The van der Waals surface area contributed by atoms with Crippen molar-refractivity contribution >= 4 is 39.8 Å². The van der Waals surface area contributed by atoms with Gasteiger partial charge >= 0.3 is 6.09 Å². The number of ether oxygens (including phenoxy) is 1. The SMILES string of the molecule is C=C(C)C(=O)NCCN(Cc1ccc(Cn2c(CCOC)nc3c(N)nc4ccccc4c32)cc1)C(=O)O. The Bertz CT molecular complexity index is 1480. The van der Waals surface area contributed by atoms with Crippen LogP contribution in [0.15, 0.2) is 60.7 Å². The van der Waals surface area contributed by atoms with Crippen molar-refractivity contribution in [3.8, 4) is 0 Å². The number of imidazole rings is 1. The minimum atomic E-state index is -1.05. The molecule has 4 rings (SSSR count). The van der Waals surface area contributed by atoms with E-state index in [1.807, 2.05) is 48.5 Å². The minimum absolute atomic E-state index is 0.169. The van der Waals surface area contributed by atoms with Crippen LogP contribution >= 0.6 is 0 Å². The Balaban J connectivity index is 1.57. The summed E-state index contributed by atoms with van der Waals surface area (Å²) in [4.78, 5) is 34.0. The fourth-order valence-corrected chi connectivity index (χ4v) is 4.31. The monoisotopic (exact) mass is 516 g/mol. The second-order valence-corrected chi connectivity index (χ2v) is 9.13. The van der Waals surface area contributed by atoms with E-state index in [9.17, 15) is 14.7 Å². The molecule has 0 saturated heterocycles. The van der Waals surface area contributed by atoms with Crippen molar-refractivity contribution in [3.63, 3.8) is 0 Å². The van der Waals surface area contributed by atoms with Crippen LogP contribution in [0.25, 0.3) is 21.9 Å². The maximum absolute atomic E-state index is 11.7. The number of benzene rings is 2. The Morgan fingerprint density at radius 2 is 1.84 bits per heavy atom. The number of para-hydroxylation sites is 1. The number of amides is 2. The number of aromatic nitrogens is 3. The number of pyridine rings is 1. The minimum Gasteiger partial charge on any atom is -0.465 e. The maximum Gasteiger partial charge on any atom is 0.407 e. The smallest absolute Gasteiger partial charge is 0.407 e. The highest BCUT2D eigenvalue weighted by Crippen LogP contribution is 2.29. The molecule has 0 aliphatic carbocycles. The van der Waals surface area contributed by atoms with Crippen LogP contribution in [-0.2, 0) is 29.0 Å². The molecule has 10 nitrogen and oxygen atoms in total. The van der Waals surface area contributed by atoms with Crippen molar-refractivity contribution in [2.45, 2.75) is 26.4 Å². The van der Waals surface area contributed by atoms with Gasteiger partial charge in [0, 0.05) is 50.7 Å². The summed E-state index contributed by atoms with van der Waals surface area (Å²) in [6.45, 7) is 6.85. The van der Waals surface area contributed by atoms with Crippen LogP contribution in [-0.4, -0.2) is 63.3 Å². The van der Waals surface area contributed by atoms with Gasteiger partial charge < -0.3 is 30.4 Å². The fourth-order valence-electron chi connectivity index (χ4n) is 4.31. The first-order valence-corrected chi connectivity index (χ1v) is 12.3. The first-order chi connectivity index (χ1) is 18.3. The van der Waals surface area contributed by atoms with Crippen molar-refractivity contribution in [1.29, 1.82) is 0 Å². The second-order valence-electron chi connectivity index (χ2n) is 9.13. The highest BCUT2D eigenvalue weighted by Gasteiger charge is 2.18. The standard InChI is InChI=1S/C28H32N6O4/c1-18(2)27(35)30-13-14-33(28(36)37)16-19-8-10-20(11-9-19)17-34-23(12-15-38-3)32-24-25(34)21-6-4-5-7-22(21)31-26(24)29/h4-11H,1,12-17H2,2-3H3,(H2,29,31)(H,30,35)(H,36,37). The molecule has 2 aromatic heterocycles. The van der Waals surface area contributed by atoms with Gasteiger partial charge in [0.15, 0.2) is 5.82 Å². The van der Waals surface area contributed by atoms with Gasteiger partial charge in [-0.2, -0.15) is 0 Å². The van der Waals surface area contributed by atoms with E-state index in [1.54, 1.807) is 14.0 Å². The molecule has 0 saturated carbocycles. The molecule has 0 unspecified atom stereocenters. The molecule has 4 aromatic rings. The third kappa shape index (κ3) is 5.92. The van der Waals surface area contributed by atoms with Crippen LogP contribution < -0.4 is 11.1 Å². The zero-order valence-electron chi connectivity index (χ0n) is 21.6. The van der Waals surface area contributed by atoms with E-state index >= 15 is 0 Å². The summed E-state index contributed by atoms with van der Waals surface area (Å²) >= 11 is 0. The third-order valence-corrected chi connectivity index (χ3v) is 6.28. The van der Waals surface area contributed by atoms with Crippen molar-refractivity contribution in [2.75, 3.05) is 32.5 Å². The number of anilines is 1. The van der Waals surface area contributed by atoms with Gasteiger partial charge in [-0.05, 0) is 24.1 Å². The zero-order valence-corrected chi connectivity index (χ0v) is 21.6. The first kappa shape index (κ1) is 26.6. The van der Waals surface area contributed by atoms with E-state index in [1.165, 1.54) is 4.90 Å². The summed E-state index contributed by atoms with van der Waals surface area (Å²) in [5, 5.41) is 13.2. The van der Waals surface area contributed by atoms with Crippen LogP contribution in [0.5, 0.6) is 0 Å². The summed E-state index contributed by atoms with van der Waals surface area (Å²) in [7, 11) is 1.66. The Hall–Kier alpha value is -4.44. The molecule has 0 fully saturated rings. The molecule has 0 aliphatic rings. The Morgan fingerprint density at radius 3 is 2.53 bits per heavy atom. The highest BCUT2D eigenvalue weighted by atomic mass is 16.5. The number of nitrogens with two attached hydrogens (primary N) is 1. The van der Waals surface area contributed by atoms with Crippen molar-refractivity contribution < 1.29 is 19.4 Å². The maximum atomic E-state index is 11.7. The van der Waals surface area contributed by atoms with Crippen LogP contribution in [0.4, 0.5) is 10.6 Å². The predicted molar refractivity (Wildman–Crippen MR) is 147 cm³/mol. The molecular weight excluding hydrogens is 484 g/mol. The Kier molecular flexibility index (Phi) is 8.22. The normalized spacial score (nSPS) is 11.1. The van der Waals surface area contributed by atoms with Crippen LogP contribution in [0.1, 0.15) is 23.9 Å². The molecule has 2 amide bonds. The largest absolute Gasteiger partial charge is 0.465 e. The van der Waals surface area contributed by atoms with Gasteiger partial charge in [-0.15, -0.1) is 0 Å². The van der Waals surface area contributed by atoms with E-state index in [2.05, 4.69) is 21.4 Å². The van der Waals surface area contributed by atoms with Gasteiger partial charge in [0.2, 0.25) is 5.91 Å². The molecule has 0 atom stereocenters. The molecule has 10 heteroatoms. The number of fused-ring (bicyclic) bond motifs is 3. The van der Waals surface area contributed by atoms with Gasteiger partial charge in [-0.25, -0.2) is 14.8 Å². The Morgan fingerprint density at radius 1 is 1.13 bits per heavy atom. The molecule has 0 aliphatic heterocycles. The van der Waals surface area contributed by atoms with Gasteiger partial charge in [0.1, 0.15) is 11.3 Å². The lowest BCUT2D eigenvalue weighted by atomic mass is 10.1. The molecule has 2 aromatic carbocycles. The van der Waals surface area contributed by atoms with Gasteiger partial charge in [-0.1, -0.05) is 49.0 Å². The summed E-state index contributed by atoms with van der Waals surface area (Å²) in [6, 6.07) is 15.7. The average molecular weight is 517 g/mol. The topological polar surface area (TPSA) is 136 Å². The molecule has 2 heterocycles. The molecule has 38 heavy (non-hydrogen) atoms. The number of nitrogen functional groups attached to an aromatic ring is 1. The number of carbonyl (C=O) groups excluding carboxylic acids is 1. The van der Waals surface area contributed by atoms with Crippen LogP contribution in [0.3, 0.4) is 0 Å². The molecular formula is C28H32N6O4. The molecule has 0 bridgehead atoms. The molecule has 0 spiro atoms. The lowest BCUT2D eigenvalue weighted by molar-refractivity contribution is -0.117. The summed E-state index contributed by atoms with van der Waals surface area (Å²) in [6.07, 6.45) is -0.434. The first-order valence-electron chi connectivity index (χ1n) is 12.3. The van der Waals surface area contributed by atoms with E-state index < -0.39 is 6.09 Å². The predicted octanol–water partition coefficient (Wildman–Crippen LogP) is 3.58. The lowest BCUT2D eigenvalue weighted by Gasteiger charge is -2.20. The van der Waals surface area contributed by atoms with Crippen molar-refractivity contribution in [1.82, 2.24) is 24.8 Å². The molecule has 4 N–H and O–H groups in total. The number of hydrogen-bond acceptors (Lipinski definition) is 6. The number of carbonyl (C=O) groups is 2. The number of hydrogen-bond donors (Lipinski definition) is 3. The second kappa shape index (κ2) is 11.7. The molecule has 0 radical (unpaired) electrons. The Labute approximate surface area is 220 Å². The highest BCUT2D eigenvalue weighted by molar-refractivity contribution is 6.06. The van der Waals surface area contributed by atoms with E-state index in [0.717, 1.165) is 33.4 Å². The number of methoxy groups -OCH3 is 1. The van der Waals surface area contributed by atoms with Crippen molar-refractivity contribution in [3.05, 3.63) is 77.6 Å². The van der Waals surface area contributed by atoms with Crippen LogP contribution in [0.2, 0.25) is 0 Å². The average Bonchev–Trinajstić information content (AvgIpc) is 3.26. The van der Waals surface area contributed by atoms with Gasteiger partial charge in [0.05, 0.1) is 17.6 Å². The third-order valence-electron chi connectivity index (χ3n) is 6.28. The summed E-state index contributed by atoms with van der Waals surface area (Å²) in [5.41, 5.74) is 10.9. The summed E-state index contributed by atoms with van der Waals surface area (Å²) < 4.78 is 7.46. The van der Waals surface area contributed by atoms with Gasteiger partial charge in [-0.3, -0.25) is 4.79 Å². The molecule has 198 valence electrons. The van der Waals surface area contributed by atoms with E-state index in [0.29, 0.717) is 36.5 Å². The number of carboxylic acid groups (broad SMARTS) is 1. The van der Waals surface area contributed by atoms with E-state index in [-0.39, 0.29) is 25.5 Å². The van der Waals surface area contributed by atoms with Crippen molar-refractivity contribution in [2.24, 2.45) is 0 Å². The quantitative estimate of drug-likeness (QED) is 0.259. The number of rotatable bonds is 11. The zero-order chi connectivity index (χ0) is 27.2. The lowest BCUT2D eigenvalue weighted by Crippen LogP contribution is -2.37. The fraction of sp³-hybridized carbons (Fsp3) is 0.286. The number of nitrogens with one attached hydrogen (secondary N) is 1. The summed E-state index contributed by atoms with van der Waals surface area (Å²) in [5.74, 6) is 0.950. The van der Waals surface area contributed by atoms with Gasteiger partial charge in [0.25, 0.3) is 0 Å². The van der Waals surface area contributed by atoms with Crippen LogP contribution in [0, 0.1) is 0 Å². The number of nitrogens with zero attached hydrogens (tertiary/aromatic N) is 4. The van der Waals surface area contributed by atoms with E-state index in [4.69, 9.17) is 15.5 Å².